The van der Waals surface area contributed by atoms with Gasteiger partial charge in [0.25, 0.3) is 5.91 Å². The number of nitrogens with one attached hydrogen (secondary N) is 1. The van der Waals surface area contributed by atoms with E-state index in [1.165, 1.54) is 38.0 Å². The summed E-state index contributed by atoms with van der Waals surface area (Å²) in [6.07, 6.45) is 0.124. The molecule has 2 aromatic carbocycles. The van der Waals surface area contributed by atoms with Crippen molar-refractivity contribution in [3.63, 3.8) is 0 Å². The summed E-state index contributed by atoms with van der Waals surface area (Å²) in [5.41, 5.74) is 1.02. The van der Waals surface area contributed by atoms with Crippen molar-refractivity contribution in [3.8, 4) is 0 Å². The zero-order valence-corrected chi connectivity index (χ0v) is 19.2. The summed E-state index contributed by atoms with van der Waals surface area (Å²) < 4.78 is 30.6. The summed E-state index contributed by atoms with van der Waals surface area (Å²) in [5, 5.41) is 3.20. The van der Waals surface area contributed by atoms with Gasteiger partial charge in [-0.3, -0.25) is 9.59 Å². The number of esters is 1. The number of carbonyl (C=O) groups is 2. The maximum Gasteiger partial charge on any atom is 0.307 e. The van der Waals surface area contributed by atoms with Crippen molar-refractivity contribution >= 4 is 50.9 Å². The van der Waals surface area contributed by atoms with Crippen LogP contribution < -0.4 is 5.32 Å². The first-order chi connectivity index (χ1) is 14.1. The minimum atomic E-state index is -3.63. The van der Waals surface area contributed by atoms with Crippen molar-refractivity contribution in [1.29, 1.82) is 0 Å². The van der Waals surface area contributed by atoms with Gasteiger partial charge >= 0.3 is 5.97 Å². The van der Waals surface area contributed by atoms with Gasteiger partial charge in [-0.25, -0.2) is 12.7 Å². The van der Waals surface area contributed by atoms with E-state index < -0.39 is 28.5 Å². The second kappa shape index (κ2) is 10.8. The molecule has 0 atom stereocenters. The topological polar surface area (TPSA) is 92.8 Å². The Labute approximate surface area is 185 Å². The van der Waals surface area contributed by atoms with E-state index in [4.69, 9.17) is 16.3 Å². The Kier molecular flexibility index (Phi) is 8.72. The number of halogens is 1. The van der Waals surface area contributed by atoms with Crippen molar-refractivity contribution in [2.24, 2.45) is 0 Å². The number of anilines is 1. The quantitative estimate of drug-likeness (QED) is 0.445. The van der Waals surface area contributed by atoms with Crippen LogP contribution in [0.4, 0.5) is 5.69 Å². The van der Waals surface area contributed by atoms with Gasteiger partial charge in [-0.05, 0) is 36.8 Å². The highest BCUT2D eigenvalue weighted by molar-refractivity contribution is 7.99. The van der Waals surface area contributed by atoms with Gasteiger partial charge in [-0.2, -0.15) is 0 Å². The second-order valence-corrected chi connectivity index (χ2v) is 10.2. The second-order valence-electron chi connectivity index (χ2n) is 6.50. The molecular formula is C20H23ClN2O5S2. The number of benzene rings is 2. The minimum Gasteiger partial charge on any atom is -0.456 e. The highest BCUT2D eigenvalue weighted by atomic mass is 35.5. The molecule has 7 nitrogen and oxygen atoms in total. The van der Waals surface area contributed by atoms with E-state index in [1.807, 2.05) is 18.2 Å². The first kappa shape index (κ1) is 24.2. The third-order valence-electron chi connectivity index (χ3n) is 4.03. The molecule has 2 aromatic rings. The molecule has 10 heteroatoms. The van der Waals surface area contributed by atoms with Crippen molar-refractivity contribution in [2.45, 2.75) is 23.1 Å². The average Bonchev–Trinajstić information content (AvgIpc) is 2.69. The minimum absolute atomic E-state index is 0.0574. The van der Waals surface area contributed by atoms with Crippen LogP contribution in [0.5, 0.6) is 0 Å². The number of hydrogen-bond acceptors (Lipinski definition) is 6. The van der Waals surface area contributed by atoms with Crippen molar-refractivity contribution in [2.75, 3.05) is 31.8 Å². The summed E-state index contributed by atoms with van der Waals surface area (Å²) >= 11 is 7.48. The SMILES string of the molecule is Cc1ccc(S(=O)(=O)N(C)C)cc1NC(=O)COC(=O)CCSc1ccccc1Cl. The van der Waals surface area contributed by atoms with E-state index in [-0.39, 0.29) is 11.3 Å². The van der Waals surface area contributed by atoms with E-state index in [9.17, 15) is 18.0 Å². The van der Waals surface area contributed by atoms with Gasteiger partial charge in [0, 0.05) is 30.4 Å². The number of aryl methyl sites for hydroxylation is 1. The number of thioether (sulfide) groups is 1. The number of ether oxygens (including phenoxy) is 1. The molecule has 0 aliphatic carbocycles. The fraction of sp³-hybridized carbons (Fsp3) is 0.300. The highest BCUT2D eigenvalue weighted by Crippen LogP contribution is 2.27. The molecule has 0 aliphatic heterocycles. The van der Waals surface area contributed by atoms with Crippen LogP contribution in [0.25, 0.3) is 0 Å². The van der Waals surface area contributed by atoms with Gasteiger partial charge in [0.15, 0.2) is 6.61 Å². The fourth-order valence-electron chi connectivity index (χ4n) is 2.32. The standard InChI is InChI=1S/C20H23ClN2O5S2/c1-14-8-9-15(30(26,27)23(2)3)12-17(14)22-19(24)13-28-20(25)10-11-29-18-7-5-4-6-16(18)21/h4-9,12H,10-11,13H2,1-3H3,(H,22,24). The Balaban J connectivity index is 1.86. The Morgan fingerprint density at radius 3 is 2.53 bits per heavy atom. The summed E-state index contributed by atoms with van der Waals surface area (Å²) in [5.74, 6) is -0.594. The molecule has 0 aromatic heterocycles. The van der Waals surface area contributed by atoms with Gasteiger partial charge < -0.3 is 10.1 Å². The smallest absolute Gasteiger partial charge is 0.307 e. The van der Waals surface area contributed by atoms with E-state index >= 15 is 0 Å². The summed E-state index contributed by atoms with van der Waals surface area (Å²) in [6, 6.07) is 11.8. The Hall–Kier alpha value is -2.07. The van der Waals surface area contributed by atoms with Crippen molar-refractivity contribution < 1.29 is 22.7 Å². The number of amides is 1. The summed E-state index contributed by atoms with van der Waals surface area (Å²) in [4.78, 5) is 24.9. The normalized spacial score (nSPS) is 11.4. The van der Waals surface area contributed by atoms with Crippen LogP contribution in [-0.2, 0) is 24.3 Å². The van der Waals surface area contributed by atoms with Gasteiger partial charge in [0.05, 0.1) is 16.3 Å². The zero-order chi connectivity index (χ0) is 22.3. The lowest BCUT2D eigenvalue weighted by Gasteiger charge is -2.14. The number of hydrogen-bond donors (Lipinski definition) is 1. The first-order valence-corrected chi connectivity index (χ1v) is 11.8. The predicted octanol–water partition coefficient (Wildman–Crippen LogP) is 3.56. The van der Waals surface area contributed by atoms with Crippen molar-refractivity contribution in [3.05, 3.63) is 53.1 Å². The monoisotopic (exact) mass is 470 g/mol. The molecule has 0 saturated heterocycles. The average molecular weight is 471 g/mol. The molecule has 0 heterocycles. The summed E-state index contributed by atoms with van der Waals surface area (Å²) in [6.45, 7) is 1.28. The van der Waals surface area contributed by atoms with Crippen LogP contribution in [-0.4, -0.2) is 51.1 Å². The third-order valence-corrected chi connectivity index (χ3v) is 7.35. The van der Waals surface area contributed by atoms with Crippen LogP contribution in [0.2, 0.25) is 5.02 Å². The molecule has 0 spiro atoms. The van der Waals surface area contributed by atoms with Crippen molar-refractivity contribution in [1.82, 2.24) is 4.31 Å². The van der Waals surface area contributed by atoms with Crippen LogP contribution in [0.15, 0.2) is 52.3 Å². The van der Waals surface area contributed by atoms with E-state index in [2.05, 4.69) is 5.32 Å². The molecule has 0 unspecified atom stereocenters. The number of nitrogens with zero attached hydrogens (tertiary/aromatic N) is 1. The maximum absolute atomic E-state index is 12.3. The fourth-order valence-corrected chi connectivity index (χ4v) is 4.41. The lowest BCUT2D eigenvalue weighted by atomic mass is 10.2. The molecular weight excluding hydrogens is 448 g/mol. The molecule has 1 amide bonds. The Morgan fingerprint density at radius 1 is 1.17 bits per heavy atom. The van der Waals surface area contributed by atoms with Crippen LogP contribution in [0.1, 0.15) is 12.0 Å². The largest absolute Gasteiger partial charge is 0.456 e. The molecule has 1 N–H and O–H groups in total. The van der Waals surface area contributed by atoms with Crippen LogP contribution >= 0.6 is 23.4 Å². The third kappa shape index (κ3) is 6.73. The lowest BCUT2D eigenvalue weighted by molar-refractivity contribution is -0.146. The van der Waals surface area contributed by atoms with E-state index in [0.29, 0.717) is 22.0 Å². The molecule has 30 heavy (non-hydrogen) atoms. The van der Waals surface area contributed by atoms with Crippen LogP contribution in [0, 0.1) is 6.92 Å². The number of rotatable bonds is 9. The first-order valence-electron chi connectivity index (χ1n) is 8.97. The lowest BCUT2D eigenvalue weighted by Crippen LogP contribution is -2.23. The zero-order valence-electron chi connectivity index (χ0n) is 16.8. The number of carbonyl (C=O) groups excluding carboxylic acids is 2. The molecule has 0 aliphatic rings. The van der Waals surface area contributed by atoms with E-state index in [0.717, 1.165) is 9.20 Å². The van der Waals surface area contributed by atoms with Gasteiger partial charge in [0.2, 0.25) is 10.0 Å². The highest BCUT2D eigenvalue weighted by Gasteiger charge is 2.19. The Morgan fingerprint density at radius 2 is 1.87 bits per heavy atom. The molecule has 0 radical (unpaired) electrons. The Bertz CT molecular complexity index is 1030. The maximum atomic E-state index is 12.3. The predicted molar refractivity (Wildman–Crippen MR) is 118 cm³/mol. The molecule has 162 valence electrons. The van der Waals surface area contributed by atoms with Gasteiger partial charge in [-0.1, -0.05) is 29.8 Å². The molecule has 2 rings (SSSR count). The molecule has 0 bridgehead atoms. The molecule has 0 saturated carbocycles. The summed E-state index contributed by atoms with van der Waals surface area (Å²) in [7, 11) is -0.774. The molecule has 0 fully saturated rings. The van der Waals surface area contributed by atoms with Gasteiger partial charge in [0.1, 0.15) is 0 Å². The van der Waals surface area contributed by atoms with E-state index in [1.54, 1.807) is 19.1 Å². The van der Waals surface area contributed by atoms with Crippen LogP contribution in [0.3, 0.4) is 0 Å². The van der Waals surface area contributed by atoms with Gasteiger partial charge in [-0.15, -0.1) is 11.8 Å². The number of sulfonamides is 1.